The highest BCUT2D eigenvalue weighted by Gasteiger charge is 2.35. The second-order valence-electron chi connectivity index (χ2n) is 10.1. The van der Waals surface area contributed by atoms with Crippen molar-refractivity contribution in [2.75, 3.05) is 19.8 Å². The minimum absolute atomic E-state index is 0.0147. The fourth-order valence-electron chi connectivity index (χ4n) is 4.42. The first-order chi connectivity index (χ1) is 15.9. The molecule has 1 aromatic carbocycles. The highest BCUT2D eigenvalue weighted by atomic mass is 19.1. The molecular formula is C25H34FN3O5. The molecule has 1 unspecified atom stereocenters. The largest absolute Gasteiger partial charge is 0.488 e. The van der Waals surface area contributed by atoms with Gasteiger partial charge in [0.15, 0.2) is 11.5 Å². The van der Waals surface area contributed by atoms with Crippen LogP contribution in [0.1, 0.15) is 53.5 Å². The molecule has 0 saturated carbocycles. The lowest BCUT2D eigenvalue weighted by Crippen LogP contribution is -2.53. The average Bonchev–Trinajstić information content (AvgIpc) is 2.70. The van der Waals surface area contributed by atoms with E-state index in [2.05, 4.69) is 5.43 Å². The molecule has 0 radical (unpaired) electrons. The zero-order valence-corrected chi connectivity index (χ0v) is 20.6. The molecule has 34 heavy (non-hydrogen) atoms. The summed E-state index contributed by atoms with van der Waals surface area (Å²) in [5.74, 6) is -0.476. The second kappa shape index (κ2) is 9.95. The Morgan fingerprint density at radius 3 is 2.62 bits per heavy atom. The van der Waals surface area contributed by atoms with Gasteiger partial charge in [0, 0.05) is 24.2 Å². The summed E-state index contributed by atoms with van der Waals surface area (Å²) in [6.07, 6.45) is 3.13. The quantitative estimate of drug-likeness (QED) is 0.607. The van der Waals surface area contributed by atoms with E-state index < -0.39 is 23.5 Å². The van der Waals surface area contributed by atoms with Crippen LogP contribution in [-0.4, -0.2) is 58.4 Å². The van der Waals surface area contributed by atoms with Gasteiger partial charge in [0.2, 0.25) is 11.7 Å². The van der Waals surface area contributed by atoms with Crippen LogP contribution in [0.2, 0.25) is 0 Å². The van der Waals surface area contributed by atoms with Crippen LogP contribution in [0.15, 0.2) is 30.0 Å². The van der Waals surface area contributed by atoms with Gasteiger partial charge in [-0.15, -0.1) is 0 Å². The van der Waals surface area contributed by atoms with Crippen LogP contribution < -0.4 is 14.9 Å². The number of ether oxygens (including phenoxy) is 2. The van der Waals surface area contributed by atoms with Crippen molar-refractivity contribution in [2.24, 2.45) is 5.92 Å². The van der Waals surface area contributed by atoms with Crippen LogP contribution in [0.5, 0.6) is 11.5 Å². The van der Waals surface area contributed by atoms with Crippen LogP contribution in [0.25, 0.3) is 5.57 Å². The highest BCUT2D eigenvalue weighted by molar-refractivity contribution is 5.80. The summed E-state index contributed by atoms with van der Waals surface area (Å²) in [6, 6.07) is 2.84. The molecular weight excluding hydrogens is 441 g/mol. The molecule has 1 atom stereocenters. The van der Waals surface area contributed by atoms with Crippen LogP contribution in [0.3, 0.4) is 0 Å². The normalized spacial score (nSPS) is 15.9. The zero-order valence-electron chi connectivity index (χ0n) is 20.6. The third-order valence-electron chi connectivity index (χ3n) is 5.70. The van der Waals surface area contributed by atoms with E-state index in [9.17, 15) is 14.7 Å². The third-order valence-corrected chi connectivity index (χ3v) is 5.70. The van der Waals surface area contributed by atoms with E-state index in [0.717, 1.165) is 11.1 Å². The fraction of sp³-hybridized carbons (Fsp3) is 0.520. The number of halogens is 1. The van der Waals surface area contributed by atoms with Gasteiger partial charge in [-0.1, -0.05) is 13.8 Å². The Kier molecular flexibility index (Phi) is 7.43. The molecule has 0 spiro atoms. The monoisotopic (exact) mass is 475 g/mol. The lowest BCUT2D eigenvalue weighted by Gasteiger charge is -2.40. The van der Waals surface area contributed by atoms with Gasteiger partial charge < -0.3 is 14.6 Å². The minimum atomic E-state index is -1.04. The number of hydrogen-bond acceptors (Lipinski definition) is 5. The molecule has 0 aliphatic carbocycles. The highest BCUT2D eigenvalue weighted by Crippen LogP contribution is 2.40. The SMILES string of the molecule is CC(=O)NN1C=CC2=C(C1)c1ccc(OCC(CC(C)C)N(C(=O)O)C(C)(C)C)c(F)c1OC2. The molecule has 2 amide bonds. The molecule has 1 aromatic rings. The number of nitrogens with one attached hydrogen (secondary N) is 1. The summed E-state index contributed by atoms with van der Waals surface area (Å²) in [5, 5.41) is 11.5. The van der Waals surface area contributed by atoms with E-state index in [1.165, 1.54) is 11.8 Å². The van der Waals surface area contributed by atoms with Gasteiger partial charge >= 0.3 is 6.09 Å². The molecule has 3 rings (SSSR count). The molecule has 0 saturated heterocycles. The van der Waals surface area contributed by atoms with E-state index in [1.54, 1.807) is 23.3 Å². The van der Waals surface area contributed by atoms with Crippen molar-refractivity contribution in [1.82, 2.24) is 15.3 Å². The summed E-state index contributed by atoms with van der Waals surface area (Å²) >= 11 is 0. The van der Waals surface area contributed by atoms with Crippen molar-refractivity contribution in [2.45, 2.75) is 59.5 Å². The van der Waals surface area contributed by atoms with E-state index in [-0.39, 0.29) is 36.5 Å². The Labute approximate surface area is 200 Å². The predicted octanol–water partition coefficient (Wildman–Crippen LogP) is 4.42. The maximum absolute atomic E-state index is 15.4. The molecule has 2 aliphatic heterocycles. The number of hydrogen-bond donors (Lipinski definition) is 2. The van der Waals surface area contributed by atoms with E-state index in [0.29, 0.717) is 18.5 Å². The van der Waals surface area contributed by atoms with Gasteiger partial charge in [-0.25, -0.2) is 4.79 Å². The molecule has 2 N–H and O–H groups in total. The van der Waals surface area contributed by atoms with Gasteiger partial charge in [-0.05, 0) is 62.5 Å². The Bertz CT molecular complexity index is 1010. The molecule has 9 heteroatoms. The van der Waals surface area contributed by atoms with Crippen molar-refractivity contribution >= 4 is 17.6 Å². The summed E-state index contributed by atoms with van der Waals surface area (Å²) in [7, 11) is 0. The predicted molar refractivity (Wildman–Crippen MR) is 127 cm³/mol. The lowest BCUT2D eigenvalue weighted by molar-refractivity contribution is -0.122. The summed E-state index contributed by atoms with van der Waals surface area (Å²) < 4.78 is 27.0. The maximum atomic E-state index is 15.4. The molecule has 186 valence electrons. The van der Waals surface area contributed by atoms with E-state index in [1.807, 2.05) is 40.7 Å². The average molecular weight is 476 g/mol. The van der Waals surface area contributed by atoms with Crippen molar-refractivity contribution < 1.29 is 28.6 Å². The fourth-order valence-corrected chi connectivity index (χ4v) is 4.42. The number of rotatable bonds is 7. The molecule has 2 heterocycles. The zero-order chi connectivity index (χ0) is 25.2. The maximum Gasteiger partial charge on any atom is 0.408 e. The summed E-state index contributed by atoms with van der Waals surface area (Å²) in [4.78, 5) is 24.8. The van der Waals surface area contributed by atoms with Gasteiger partial charge in [-0.2, -0.15) is 4.39 Å². The second-order valence-corrected chi connectivity index (χ2v) is 10.1. The van der Waals surface area contributed by atoms with Gasteiger partial charge in [0.1, 0.15) is 13.2 Å². The number of carboxylic acid groups (broad SMARTS) is 1. The van der Waals surface area contributed by atoms with Crippen LogP contribution in [0.4, 0.5) is 9.18 Å². The van der Waals surface area contributed by atoms with Crippen LogP contribution in [-0.2, 0) is 4.79 Å². The number of carbonyl (C=O) groups is 2. The van der Waals surface area contributed by atoms with Gasteiger partial charge in [0.25, 0.3) is 0 Å². The molecule has 0 fully saturated rings. The Morgan fingerprint density at radius 1 is 1.32 bits per heavy atom. The Morgan fingerprint density at radius 2 is 2.03 bits per heavy atom. The number of carbonyl (C=O) groups excluding carboxylic acids is 1. The summed E-state index contributed by atoms with van der Waals surface area (Å²) in [6.45, 7) is 11.5. The molecule has 8 nitrogen and oxygen atoms in total. The minimum Gasteiger partial charge on any atom is -0.488 e. The smallest absolute Gasteiger partial charge is 0.408 e. The van der Waals surface area contributed by atoms with Gasteiger partial charge in [0.05, 0.1) is 12.6 Å². The number of amides is 2. The molecule has 0 aromatic heterocycles. The van der Waals surface area contributed by atoms with Crippen LogP contribution >= 0.6 is 0 Å². The first kappa shape index (κ1) is 25.4. The van der Waals surface area contributed by atoms with Crippen LogP contribution in [0, 0.1) is 11.7 Å². The standard InChI is InChI=1S/C25H34FN3O5/c1-15(2)11-18(29(24(31)32)25(4,5)6)14-33-21-8-7-19-20-12-28(27-16(3)30)10-9-17(20)13-34-23(19)22(21)26/h7-10,15,18H,11-14H2,1-6H3,(H,27,30)(H,31,32). The topological polar surface area (TPSA) is 91.3 Å². The Hall–Kier alpha value is -3.23. The lowest BCUT2D eigenvalue weighted by atomic mass is 9.94. The van der Waals surface area contributed by atoms with Gasteiger partial charge in [-0.3, -0.25) is 20.1 Å². The third kappa shape index (κ3) is 5.63. The number of fused-ring (bicyclic) bond motifs is 2. The van der Waals surface area contributed by atoms with Crippen molar-refractivity contribution in [3.8, 4) is 11.5 Å². The number of benzene rings is 1. The van der Waals surface area contributed by atoms with Crippen molar-refractivity contribution in [3.05, 3.63) is 41.4 Å². The first-order valence-corrected chi connectivity index (χ1v) is 11.4. The van der Waals surface area contributed by atoms with Crippen molar-refractivity contribution in [3.63, 3.8) is 0 Å². The van der Waals surface area contributed by atoms with E-state index >= 15 is 4.39 Å². The van der Waals surface area contributed by atoms with Crippen molar-refractivity contribution in [1.29, 1.82) is 0 Å². The molecule has 2 aliphatic rings. The summed E-state index contributed by atoms with van der Waals surface area (Å²) in [5.41, 5.74) is 4.46. The van der Waals surface area contributed by atoms with E-state index in [4.69, 9.17) is 9.47 Å². The Balaban J connectivity index is 1.83. The number of nitrogens with zero attached hydrogens (tertiary/aromatic N) is 2. The number of hydrazine groups is 1. The molecule has 0 bridgehead atoms. The first-order valence-electron chi connectivity index (χ1n) is 11.4.